The van der Waals surface area contributed by atoms with Crippen LogP contribution in [0.4, 0.5) is 0 Å². The van der Waals surface area contributed by atoms with Crippen LogP contribution in [-0.4, -0.2) is 48.7 Å². The Labute approximate surface area is 94.2 Å². The number of quaternary nitrogens is 1. The van der Waals surface area contributed by atoms with Crippen molar-refractivity contribution in [1.29, 1.82) is 0 Å². The number of nitrogens with zero attached hydrogens (tertiary/aromatic N) is 1. The zero-order valence-corrected chi connectivity index (χ0v) is 10.2. The van der Waals surface area contributed by atoms with Crippen LogP contribution in [0, 0.1) is 0 Å². The van der Waals surface area contributed by atoms with Crippen molar-refractivity contribution < 1.29 is 31.5 Å². The van der Waals surface area contributed by atoms with Crippen molar-refractivity contribution in [3.05, 3.63) is 0 Å². The molecule has 0 aromatic carbocycles. The summed E-state index contributed by atoms with van der Waals surface area (Å²) in [4.78, 5) is 10.2. The predicted molar refractivity (Wildman–Crippen MR) is 48.0 cm³/mol. The van der Waals surface area contributed by atoms with E-state index in [1.165, 1.54) is 0 Å². The summed E-state index contributed by atoms with van der Waals surface area (Å²) in [6.45, 7) is 1.25. The minimum Gasteiger partial charge on any atom is -1.00 e. The van der Waals surface area contributed by atoms with Gasteiger partial charge in [-0.15, -0.1) is 11.6 Å². The van der Waals surface area contributed by atoms with Crippen LogP contribution in [-0.2, 0) is 4.79 Å². The predicted octanol–water partition coefficient (Wildman–Crippen LogP) is -2.72. The number of nitrogens with one attached hydrogen (secondary N) is 1. The summed E-state index contributed by atoms with van der Waals surface area (Å²) in [7, 11) is 3.90. The topological polar surface area (TPSA) is 49.3 Å². The Balaban J connectivity index is 0. The first-order valence-electron chi connectivity index (χ1n) is 3.84. The number of halogens is 2. The van der Waals surface area contributed by atoms with Gasteiger partial charge in [0.05, 0.1) is 32.9 Å². The molecule has 2 N–H and O–H groups in total. The van der Waals surface area contributed by atoms with Gasteiger partial charge in [-0.05, 0) is 0 Å². The molecule has 0 aliphatic heterocycles. The molecule has 0 spiro atoms. The highest BCUT2D eigenvalue weighted by Gasteiger charge is 2.13. The highest BCUT2D eigenvalue weighted by atomic mass is 79.9. The maximum atomic E-state index is 10.2. The number of rotatable bonds is 6. The lowest BCUT2D eigenvalue weighted by atomic mass is 10.4. The molecule has 4 nitrogen and oxygen atoms in total. The van der Waals surface area contributed by atoms with E-state index >= 15 is 0 Å². The van der Waals surface area contributed by atoms with Crippen molar-refractivity contribution >= 4 is 17.6 Å². The lowest BCUT2D eigenvalue weighted by Gasteiger charge is -2.28. The molecule has 0 bridgehead atoms. The Morgan fingerprint density at radius 1 is 1.54 bits per heavy atom. The number of hydrogen-bond donors (Lipinski definition) is 2. The summed E-state index contributed by atoms with van der Waals surface area (Å²) >= 11 is 5.56. The van der Waals surface area contributed by atoms with Crippen molar-refractivity contribution in [1.82, 2.24) is 5.43 Å². The van der Waals surface area contributed by atoms with Crippen molar-refractivity contribution in [2.75, 3.05) is 33.1 Å². The third-order valence-corrected chi connectivity index (χ3v) is 1.69. The molecule has 0 saturated carbocycles. The maximum Gasteiger partial charge on any atom is 0.304 e. The van der Waals surface area contributed by atoms with E-state index in [1.54, 1.807) is 0 Å². The SMILES string of the molecule is C[N+](C)(CCCl)NCCC(=O)O.[Br-]. The molecule has 0 aliphatic rings. The highest BCUT2D eigenvalue weighted by molar-refractivity contribution is 6.17. The fraction of sp³-hybridized carbons (Fsp3) is 0.857. The summed E-state index contributed by atoms with van der Waals surface area (Å²) in [5, 5.41) is 8.37. The molecule has 0 unspecified atom stereocenters. The second-order valence-electron chi connectivity index (χ2n) is 3.15. The van der Waals surface area contributed by atoms with Gasteiger partial charge in [0.1, 0.15) is 6.54 Å². The number of carbonyl (C=O) groups is 1. The van der Waals surface area contributed by atoms with Crippen LogP contribution in [0.2, 0.25) is 0 Å². The molecule has 0 atom stereocenters. The Bertz CT molecular complexity index is 155. The van der Waals surface area contributed by atoms with Crippen molar-refractivity contribution in [3.63, 3.8) is 0 Å². The number of alkyl halides is 1. The molecular weight excluding hydrogens is 259 g/mol. The zero-order valence-electron chi connectivity index (χ0n) is 7.89. The van der Waals surface area contributed by atoms with Crippen molar-refractivity contribution in [3.8, 4) is 0 Å². The monoisotopic (exact) mass is 274 g/mol. The normalized spacial score (nSPS) is 10.7. The van der Waals surface area contributed by atoms with E-state index < -0.39 is 5.97 Å². The molecular formula is C7H16BrClN2O2. The van der Waals surface area contributed by atoms with Crippen LogP contribution >= 0.6 is 11.6 Å². The van der Waals surface area contributed by atoms with Crippen LogP contribution in [0.3, 0.4) is 0 Å². The van der Waals surface area contributed by atoms with Crippen LogP contribution in [0.25, 0.3) is 0 Å². The van der Waals surface area contributed by atoms with Crippen LogP contribution in [0.15, 0.2) is 0 Å². The summed E-state index contributed by atoms with van der Waals surface area (Å²) in [5.41, 5.74) is 3.06. The van der Waals surface area contributed by atoms with E-state index in [9.17, 15) is 4.79 Å². The first-order chi connectivity index (χ1) is 5.48. The second kappa shape index (κ2) is 7.55. The molecule has 0 radical (unpaired) electrons. The summed E-state index contributed by atoms with van der Waals surface area (Å²) in [6, 6.07) is 0. The first kappa shape index (κ1) is 15.6. The van der Waals surface area contributed by atoms with Crippen LogP contribution < -0.4 is 22.4 Å². The van der Waals surface area contributed by atoms with Gasteiger partial charge in [0, 0.05) is 0 Å². The summed E-state index contributed by atoms with van der Waals surface area (Å²) < 4.78 is 0.552. The maximum absolute atomic E-state index is 10.2. The Morgan fingerprint density at radius 2 is 2.08 bits per heavy atom. The minimum atomic E-state index is -0.784. The van der Waals surface area contributed by atoms with Crippen LogP contribution in [0.5, 0.6) is 0 Å². The van der Waals surface area contributed by atoms with Gasteiger partial charge >= 0.3 is 5.97 Å². The highest BCUT2D eigenvalue weighted by Crippen LogP contribution is 1.92. The zero-order chi connectivity index (χ0) is 9.61. The smallest absolute Gasteiger partial charge is 0.304 e. The third-order valence-electron chi connectivity index (χ3n) is 1.52. The van der Waals surface area contributed by atoms with Crippen molar-refractivity contribution in [2.24, 2.45) is 0 Å². The van der Waals surface area contributed by atoms with Gasteiger partial charge in [0.25, 0.3) is 0 Å². The van der Waals surface area contributed by atoms with E-state index in [1.807, 2.05) is 14.1 Å². The third kappa shape index (κ3) is 10.1. The quantitative estimate of drug-likeness (QED) is 0.315. The van der Waals surface area contributed by atoms with E-state index in [2.05, 4.69) is 5.43 Å². The van der Waals surface area contributed by atoms with Crippen LogP contribution in [0.1, 0.15) is 6.42 Å². The standard InChI is InChI=1S/C7H15ClN2O2.BrH/c1-10(2,6-4-8)9-5-3-7(11)12;/h9H,3-6H2,1-2H3;1H. The van der Waals surface area contributed by atoms with E-state index in [4.69, 9.17) is 16.7 Å². The molecule has 13 heavy (non-hydrogen) atoms. The average Bonchev–Trinajstić information content (AvgIpc) is 1.85. The molecule has 0 amide bonds. The summed E-state index contributed by atoms with van der Waals surface area (Å²) in [6.07, 6.45) is 0.143. The molecule has 80 valence electrons. The molecule has 0 saturated heterocycles. The van der Waals surface area contributed by atoms with E-state index in [-0.39, 0.29) is 23.4 Å². The van der Waals surface area contributed by atoms with Gasteiger partial charge in [-0.3, -0.25) is 4.79 Å². The van der Waals surface area contributed by atoms with Gasteiger partial charge in [-0.2, -0.15) is 5.43 Å². The molecule has 0 fully saturated rings. The van der Waals surface area contributed by atoms with E-state index in [0.29, 0.717) is 17.0 Å². The second-order valence-corrected chi connectivity index (χ2v) is 3.53. The summed E-state index contributed by atoms with van der Waals surface area (Å²) in [5.74, 6) is -0.221. The van der Waals surface area contributed by atoms with Gasteiger partial charge < -0.3 is 22.1 Å². The molecule has 0 aliphatic carbocycles. The van der Waals surface area contributed by atoms with Gasteiger partial charge in [0.15, 0.2) is 0 Å². The lowest BCUT2D eigenvalue weighted by Crippen LogP contribution is -3.00. The Morgan fingerprint density at radius 3 is 2.46 bits per heavy atom. The minimum absolute atomic E-state index is 0. The number of carboxylic acids is 1. The molecule has 0 aromatic rings. The van der Waals surface area contributed by atoms with Crippen molar-refractivity contribution in [2.45, 2.75) is 6.42 Å². The van der Waals surface area contributed by atoms with Gasteiger partial charge in [0.2, 0.25) is 0 Å². The van der Waals surface area contributed by atoms with Gasteiger partial charge in [-0.25, -0.2) is 4.59 Å². The molecule has 6 heteroatoms. The molecule has 0 aromatic heterocycles. The molecule has 0 heterocycles. The number of aliphatic carboxylic acids is 1. The van der Waals surface area contributed by atoms with E-state index in [0.717, 1.165) is 6.54 Å². The fourth-order valence-corrected chi connectivity index (χ4v) is 1.18. The average molecular weight is 276 g/mol. The largest absolute Gasteiger partial charge is 1.00 e. The number of carboxylic acid groups (broad SMARTS) is 1. The lowest BCUT2D eigenvalue weighted by molar-refractivity contribution is -0.931. The van der Waals surface area contributed by atoms with Gasteiger partial charge in [-0.1, -0.05) is 0 Å². The molecule has 0 rings (SSSR count). The number of hydrogen-bond acceptors (Lipinski definition) is 2. The Kier molecular flexibility index (Phi) is 9.08. The Hall–Kier alpha value is 0.160. The first-order valence-corrected chi connectivity index (χ1v) is 4.37. The fourth-order valence-electron chi connectivity index (χ4n) is 0.756.